The highest BCUT2D eigenvalue weighted by Crippen LogP contribution is 2.47. The molecule has 10 heteroatoms. The molecule has 4 aromatic carbocycles. The molecule has 0 bridgehead atoms. The van der Waals surface area contributed by atoms with E-state index in [1.807, 2.05) is 36.4 Å². The summed E-state index contributed by atoms with van der Waals surface area (Å²) < 4.78 is 0.716. The van der Waals surface area contributed by atoms with Crippen LogP contribution in [0.4, 0.5) is 17.1 Å². The molecule has 0 saturated carbocycles. The number of anilines is 3. The predicted octanol–water partition coefficient (Wildman–Crippen LogP) is 5.55. The van der Waals surface area contributed by atoms with Crippen LogP contribution in [0.5, 0.6) is 0 Å². The van der Waals surface area contributed by atoms with Crippen LogP contribution in [-0.4, -0.2) is 45.5 Å². The van der Waals surface area contributed by atoms with Crippen molar-refractivity contribution in [1.29, 1.82) is 0 Å². The Morgan fingerprint density at radius 2 is 1.79 bits per heavy atom. The molecule has 9 nitrogen and oxygen atoms in total. The maximum atomic E-state index is 14.1. The van der Waals surface area contributed by atoms with Crippen LogP contribution in [0.25, 0.3) is 0 Å². The number of aliphatic hydroxyl groups is 2. The van der Waals surface area contributed by atoms with Crippen LogP contribution in [0.3, 0.4) is 0 Å². The van der Waals surface area contributed by atoms with Gasteiger partial charge in [0.15, 0.2) is 5.60 Å². The topological polar surface area (TPSA) is 136 Å². The Morgan fingerprint density at radius 3 is 2.54 bits per heavy atom. The highest BCUT2D eigenvalue weighted by Gasteiger charge is 2.52. The summed E-state index contributed by atoms with van der Waals surface area (Å²) in [5, 5.41) is 25.0. The van der Waals surface area contributed by atoms with Gasteiger partial charge in [0.1, 0.15) is 0 Å². The van der Waals surface area contributed by atoms with Crippen molar-refractivity contribution < 1.29 is 24.6 Å². The maximum Gasteiger partial charge on any atom is 0.264 e. The predicted molar refractivity (Wildman–Crippen MR) is 189 cm³/mol. The van der Waals surface area contributed by atoms with Crippen LogP contribution in [0.15, 0.2) is 108 Å². The van der Waals surface area contributed by atoms with Gasteiger partial charge in [0.25, 0.3) is 11.8 Å². The smallest absolute Gasteiger partial charge is 0.264 e. The van der Waals surface area contributed by atoms with Gasteiger partial charge in [-0.2, -0.15) is 0 Å². The molecule has 2 aliphatic rings. The zero-order chi connectivity index (χ0) is 34.0. The summed E-state index contributed by atoms with van der Waals surface area (Å²) in [6.45, 7) is 2.21. The van der Waals surface area contributed by atoms with Gasteiger partial charge in [0, 0.05) is 45.9 Å². The molecule has 0 aliphatic carbocycles. The Hall–Kier alpha value is -4.77. The monoisotopic (exact) mass is 708 g/mol. The first-order chi connectivity index (χ1) is 23.1. The Kier molecular flexibility index (Phi) is 9.50. The lowest BCUT2D eigenvalue weighted by atomic mass is 9.83. The molecule has 5 N–H and O–H groups in total. The second-order valence-electron chi connectivity index (χ2n) is 12.3. The Labute approximate surface area is 287 Å². The molecule has 3 atom stereocenters. The third kappa shape index (κ3) is 6.51. The lowest BCUT2D eigenvalue weighted by Crippen LogP contribution is -2.46. The maximum absolute atomic E-state index is 14.1. The summed E-state index contributed by atoms with van der Waals surface area (Å²) in [6.07, 6.45) is 4.06. The number of nitrogens with two attached hydrogens (primary N) is 1. The molecule has 0 spiro atoms. The second kappa shape index (κ2) is 13.8. The number of nitrogens with one attached hydrogen (secondary N) is 1. The lowest BCUT2D eigenvalue weighted by molar-refractivity contribution is -0.139. The van der Waals surface area contributed by atoms with Gasteiger partial charge in [-0.25, -0.2) is 0 Å². The molecule has 2 aliphatic heterocycles. The second-order valence-corrected chi connectivity index (χ2v) is 13.3. The highest BCUT2D eigenvalue weighted by molar-refractivity contribution is 9.10. The standard InChI is InChI=1S/C38H37BrN4O5/c1-24(6-4-11-35(45)42-22-28-9-3-2-8-27(28)19-32(42)23-44)38(48)33-20-29(39)14-17-34(33)43(37(38)47)21-25-7-5-10-31(18-25)41-36(46)26-12-15-30(40)16-13-26/h2-10,12-18,20,24,32,44,48H,11,19,21-23,40H2,1H3,(H,41,46)/b6-4+/t24-,32-,38+/m0/s1. The fraction of sp³-hybridized carbons (Fsp3) is 0.237. The van der Waals surface area contributed by atoms with E-state index in [0.29, 0.717) is 45.6 Å². The van der Waals surface area contributed by atoms with Crippen LogP contribution in [0, 0.1) is 5.92 Å². The zero-order valence-electron chi connectivity index (χ0n) is 26.5. The van der Waals surface area contributed by atoms with Gasteiger partial charge >= 0.3 is 0 Å². The van der Waals surface area contributed by atoms with Crippen LogP contribution in [0.2, 0.25) is 0 Å². The molecule has 4 aromatic rings. The van der Waals surface area contributed by atoms with Gasteiger partial charge in [-0.05, 0) is 77.7 Å². The number of aliphatic hydroxyl groups excluding tert-OH is 1. The summed E-state index contributed by atoms with van der Waals surface area (Å²) in [5.41, 5.74) is 9.46. The summed E-state index contributed by atoms with van der Waals surface area (Å²) in [6, 6.07) is 26.8. The van der Waals surface area contributed by atoms with Crippen molar-refractivity contribution in [2.24, 2.45) is 5.92 Å². The lowest BCUT2D eigenvalue weighted by Gasteiger charge is -2.36. The fourth-order valence-electron chi connectivity index (χ4n) is 6.52. The van der Waals surface area contributed by atoms with Gasteiger partial charge < -0.3 is 31.1 Å². The third-order valence-corrected chi connectivity index (χ3v) is 9.69. The number of amides is 3. The molecule has 246 valence electrons. The number of carbonyl (C=O) groups excluding carboxylic acids is 3. The van der Waals surface area contributed by atoms with E-state index in [4.69, 9.17) is 5.73 Å². The normalized spacial score (nSPS) is 19.2. The van der Waals surface area contributed by atoms with E-state index in [1.54, 1.807) is 83.5 Å². The van der Waals surface area contributed by atoms with Crippen molar-refractivity contribution in [1.82, 2.24) is 4.90 Å². The first-order valence-electron chi connectivity index (χ1n) is 15.8. The molecule has 0 unspecified atom stereocenters. The average Bonchev–Trinajstić information content (AvgIpc) is 3.29. The van der Waals surface area contributed by atoms with Crippen LogP contribution in [0.1, 0.15) is 46.0 Å². The Bertz CT molecular complexity index is 1890. The number of fused-ring (bicyclic) bond motifs is 2. The van der Waals surface area contributed by atoms with Gasteiger partial charge in [-0.15, -0.1) is 0 Å². The molecule has 0 radical (unpaired) electrons. The SMILES string of the molecule is C[C@@H](/C=C/CC(=O)N1Cc2ccccc2C[C@H]1CO)[C@]1(O)C(=O)N(Cc2cccc(NC(=O)c3ccc(N)cc3)c2)c2ccc(Br)cc21. The first-order valence-corrected chi connectivity index (χ1v) is 16.6. The molecule has 0 fully saturated rings. The minimum atomic E-state index is -1.88. The van der Waals surface area contributed by atoms with Crippen molar-refractivity contribution in [2.45, 2.75) is 44.5 Å². The minimum Gasteiger partial charge on any atom is -0.399 e. The molecule has 0 saturated heterocycles. The van der Waals surface area contributed by atoms with E-state index in [1.165, 1.54) is 0 Å². The van der Waals surface area contributed by atoms with E-state index >= 15 is 0 Å². The largest absolute Gasteiger partial charge is 0.399 e. The molecule has 0 aromatic heterocycles. The molecular formula is C38H37BrN4O5. The highest BCUT2D eigenvalue weighted by atomic mass is 79.9. The van der Waals surface area contributed by atoms with E-state index in [2.05, 4.69) is 21.2 Å². The number of nitrogen functional groups attached to an aromatic ring is 1. The average molecular weight is 710 g/mol. The van der Waals surface area contributed by atoms with Crippen molar-refractivity contribution in [3.8, 4) is 0 Å². The van der Waals surface area contributed by atoms with Crippen LogP contribution < -0.4 is 16.0 Å². The van der Waals surface area contributed by atoms with Crippen molar-refractivity contribution in [2.75, 3.05) is 22.6 Å². The number of carbonyl (C=O) groups is 3. The quantitative estimate of drug-likeness (QED) is 0.133. The number of halogens is 1. The summed E-state index contributed by atoms with van der Waals surface area (Å²) in [7, 11) is 0. The van der Waals surface area contributed by atoms with Gasteiger partial charge in [-0.1, -0.05) is 71.4 Å². The van der Waals surface area contributed by atoms with Crippen molar-refractivity contribution in [3.63, 3.8) is 0 Å². The number of nitrogens with zero attached hydrogens (tertiary/aromatic N) is 2. The zero-order valence-corrected chi connectivity index (χ0v) is 28.1. The van der Waals surface area contributed by atoms with Gasteiger partial charge in [0.05, 0.1) is 24.9 Å². The first kappa shape index (κ1) is 33.1. The molecular weight excluding hydrogens is 672 g/mol. The van der Waals surface area contributed by atoms with Crippen molar-refractivity contribution >= 4 is 50.7 Å². The summed E-state index contributed by atoms with van der Waals surface area (Å²) in [5.74, 6) is -1.57. The van der Waals surface area contributed by atoms with Gasteiger partial charge in [0.2, 0.25) is 5.91 Å². The van der Waals surface area contributed by atoms with E-state index in [9.17, 15) is 24.6 Å². The van der Waals surface area contributed by atoms with Crippen molar-refractivity contribution in [3.05, 3.63) is 135 Å². The number of hydrogen-bond acceptors (Lipinski definition) is 6. The molecule has 3 amide bonds. The van der Waals surface area contributed by atoms with Crippen LogP contribution in [-0.2, 0) is 34.7 Å². The van der Waals surface area contributed by atoms with E-state index < -0.39 is 17.4 Å². The van der Waals surface area contributed by atoms with Gasteiger partial charge in [-0.3, -0.25) is 14.4 Å². The fourth-order valence-corrected chi connectivity index (χ4v) is 6.88. The van der Waals surface area contributed by atoms with E-state index in [0.717, 1.165) is 16.7 Å². The molecule has 2 heterocycles. The third-order valence-electron chi connectivity index (χ3n) is 9.19. The number of benzene rings is 4. The Balaban J connectivity index is 1.18. The number of rotatable bonds is 9. The Morgan fingerprint density at radius 1 is 1.04 bits per heavy atom. The number of hydrogen-bond donors (Lipinski definition) is 4. The summed E-state index contributed by atoms with van der Waals surface area (Å²) in [4.78, 5) is 43.4. The van der Waals surface area contributed by atoms with E-state index in [-0.39, 0.29) is 37.4 Å². The minimum absolute atomic E-state index is 0.0667. The molecule has 6 rings (SSSR count). The molecule has 48 heavy (non-hydrogen) atoms. The van der Waals surface area contributed by atoms with Crippen LogP contribution >= 0.6 is 15.9 Å². The summed E-state index contributed by atoms with van der Waals surface area (Å²) >= 11 is 3.49.